The molecule has 4 heterocycles. The molecule has 9 heteroatoms. The van der Waals surface area contributed by atoms with Crippen LogP contribution < -0.4 is 5.69 Å². The molecule has 1 aromatic carbocycles. The number of piperidine rings is 1. The van der Waals surface area contributed by atoms with Crippen LogP contribution in [-0.4, -0.2) is 27.0 Å². The van der Waals surface area contributed by atoms with E-state index >= 15 is 0 Å². The number of halogens is 3. The number of hydrogen-bond donors (Lipinski definition) is 0. The molecule has 205 valence electrons. The van der Waals surface area contributed by atoms with E-state index in [4.69, 9.17) is 0 Å². The van der Waals surface area contributed by atoms with Crippen molar-refractivity contribution in [2.75, 3.05) is 13.1 Å². The fourth-order valence-corrected chi connectivity index (χ4v) is 6.64. The van der Waals surface area contributed by atoms with Crippen LogP contribution in [0.1, 0.15) is 68.6 Å². The summed E-state index contributed by atoms with van der Waals surface area (Å²) in [5, 5.41) is 8.38. The standard InChI is InChI=1S/C30H33F3N5O/c1-20-6-4-13-36(16-20)17-21-14-24(30(31,32)33)26-19-37(28(39)38(26)18-21)23-8-3-7-22(15-23)27(25-9-12-34-35-25)29(2)10-5-11-29/h3,7-9,12,14-15,18-20,27H,4-6,10-11,13,16-17H2,1-2H3/t20-,27+/m0/s1. The monoisotopic (exact) mass is 536 g/mol. The fourth-order valence-electron chi connectivity index (χ4n) is 6.64. The summed E-state index contributed by atoms with van der Waals surface area (Å²) < 4.78 is 45.2. The van der Waals surface area contributed by atoms with E-state index in [1.165, 1.54) is 16.8 Å². The first-order valence-corrected chi connectivity index (χ1v) is 13.7. The Hall–Kier alpha value is -3.20. The van der Waals surface area contributed by atoms with Gasteiger partial charge in [0.05, 0.1) is 16.8 Å². The molecule has 39 heavy (non-hydrogen) atoms. The van der Waals surface area contributed by atoms with Crippen molar-refractivity contribution in [3.8, 4) is 5.69 Å². The first-order valence-electron chi connectivity index (χ1n) is 13.7. The summed E-state index contributed by atoms with van der Waals surface area (Å²) in [6.45, 7) is 6.48. The molecule has 3 aromatic rings. The highest BCUT2D eigenvalue weighted by Gasteiger charge is 2.45. The van der Waals surface area contributed by atoms with Crippen LogP contribution in [0.5, 0.6) is 0 Å². The average molecular weight is 537 g/mol. The number of pyridine rings is 1. The second kappa shape index (κ2) is 9.77. The van der Waals surface area contributed by atoms with Gasteiger partial charge in [-0.2, -0.15) is 23.4 Å². The third-order valence-corrected chi connectivity index (χ3v) is 8.73. The van der Waals surface area contributed by atoms with E-state index in [1.54, 1.807) is 18.5 Å². The molecule has 1 radical (unpaired) electrons. The molecule has 1 saturated heterocycles. The molecule has 2 aromatic heterocycles. The van der Waals surface area contributed by atoms with Crippen LogP contribution in [-0.2, 0) is 12.7 Å². The maximum Gasteiger partial charge on any atom is 0.418 e. The SMILES string of the molecule is C[C@H]1CCCN(Cc2cc(C(F)(F)F)c3cn(-c4cccc([C@H]([C]5C=CN=N5)C5(C)CCC5)c4)c(=O)n3c2)C1. The molecule has 3 aliphatic rings. The van der Waals surface area contributed by atoms with Gasteiger partial charge in [-0.1, -0.05) is 32.4 Å². The minimum Gasteiger partial charge on any atom is -0.299 e. The molecule has 2 fully saturated rings. The number of benzene rings is 1. The number of hydrogen-bond acceptors (Lipinski definition) is 4. The lowest BCUT2D eigenvalue weighted by molar-refractivity contribution is -0.136. The fraction of sp³-hybridized carbons (Fsp3) is 0.467. The lowest BCUT2D eigenvalue weighted by Crippen LogP contribution is -2.35. The van der Waals surface area contributed by atoms with Crippen LogP contribution in [0.2, 0.25) is 0 Å². The molecular weight excluding hydrogens is 503 g/mol. The summed E-state index contributed by atoms with van der Waals surface area (Å²) in [4.78, 5) is 15.8. The van der Waals surface area contributed by atoms with Crippen LogP contribution in [0.3, 0.4) is 0 Å². The van der Waals surface area contributed by atoms with Gasteiger partial charge in [0.2, 0.25) is 0 Å². The Balaban J connectivity index is 1.42. The van der Waals surface area contributed by atoms with Crippen LogP contribution in [0.25, 0.3) is 11.2 Å². The molecule has 0 N–H and O–H groups in total. The van der Waals surface area contributed by atoms with E-state index in [1.807, 2.05) is 24.3 Å². The smallest absolute Gasteiger partial charge is 0.299 e. The number of aromatic nitrogens is 2. The quantitative estimate of drug-likeness (QED) is 0.337. The number of alkyl halides is 3. The zero-order valence-corrected chi connectivity index (χ0v) is 22.3. The van der Waals surface area contributed by atoms with Crippen LogP contribution in [0, 0.1) is 17.4 Å². The Bertz CT molecular complexity index is 1480. The van der Waals surface area contributed by atoms with Crippen molar-refractivity contribution in [3.63, 3.8) is 0 Å². The van der Waals surface area contributed by atoms with Crippen molar-refractivity contribution in [3.05, 3.63) is 88.2 Å². The molecule has 2 atom stereocenters. The van der Waals surface area contributed by atoms with Crippen LogP contribution in [0.15, 0.2) is 70.0 Å². The summed E-state index contributed by atoms with van der Waals surface area (Å²) in [7, 11) is 0. The number of nitrogens with zero attached hydrogens (tertiary/aromatic N) is 5. The molecule has 0 bridgehead atoms. The first kappa shape index (κ1) is 26.0. The van der Waals surface area contributed by atoms with Crippen molar-refractivity contribution in [2.24, 2.45) is 21.6 Å². The van der Waals surface area contributed by atoms with Gasteiger partial charge in [0, 0.05) is 37.6 Å². The second-order valence-corrected chi connectivity index (χ2v) is 11.8. The number of fused-ring (bicyclic) bond motifs is 1. The number of rotatable bonds is 6. The molecule has 1 saturated carbocycles. The highest BCUT2D eigenvalue weighted by molar-refractivity contribution is 5.58. The van der Waals surface area contributed by atoms with Gasteiger partial charge in [0.15, 0.2) is 0 Å². The largest absolute Gasteiger partial charge is 0.418 e. The highest BCUT2D eigenvalue weighted by atomic mass is 19.4. The van der Waals surface area contributed by atoms with Crippen molar-refractivity contribution >= 4 is 5.52 Å². The normalized spacial score (nSPS) is 22.4. The third-order valence-electron chi connectivity index (χ3n) is 8.73. The molecule has 6 nitrogen and oxygen atoms in total. The number of imidazole rings is 1. The minimum absolute atomic E-state index is 0.00860. The summed E-state index contributed by atoms with van der Waals surface area (Å²) in [5.74, 6) is 0.497. The van der Waals surface area contributed by atoms with Crippen LogP contribution >= 0.6 is 0 Å². The van der Waals surface area contributed by atoms with Crippen molar-refractivity contribution in [1.29, 1.82) is 0 Å². The Labute approximate surface area is 225 Å². The average Bonchev–Trinajstić information content (AvgIpc) is 3.51. The van der Waals surface area contributed by atoms with Gasteiger partial charge in [-0.25, -0.2) is 4.79 Å². The van der Waals surface area contributed by atoms with E-state index in [9.17, 15) is 18.0 Å². The molecule has 0 unspecified atom stereocenters. The van der Waals surface area contributed by atoms with E-state index in [-0.39, 0.29) is 16.8 Å². The Morgan fingerprint density at radius 2 is 1.97 bits per heavy atom. The maximum absolute atomic E-state index is 14.2. The van der Waals surface area contributed by atoms with Crippen molar-refractivity contribution in [1.82, 2.24) is 13.9 Å². The van der Waals surface area contributed by atoms with E-state index in [2.05, 4.69) is 29.0 Å². The van der Waals surface area contributed by atoms with Gasteiger partial charge in [0.1, 0.15) is 6.04 Å². The van der Waals surface area contributed by atoms with Crippen molar-refractivity contribution < 1.29 is 13.2 Å². The van der Waals surface area contributed by atoms with Gasteiger partial charge < -0.3 is 0 Å². The highest BCUT2D eigenvalue weighted by Crippen LogP contribution is 2.56. The molecular formula is C30H33F3N5O. The Kier molecular flexibility index (Phi) is 6.52. The molecule has 2 aliphatic heterocycles. The maximum atomic E-state index is 14.2. The lowest BCUT2D eigenvalue weighted by atomic mass is 9.58. The summed E-state index contributed by atoms with van der Waals surface area (Å²) in [6, 6.07) is 9.62. The van der Waals surface area contributed by atoms with Gasteiger partial charge in [-0.15, -0.1) is 0 Å². The van der Waals surface area contributed by atoms with Gasteiger partial charge in [0.25, 0.3) is 0 Å². The summed E-state index contributed by atoms with van der Waals surface area (Å²) in [6.07, 6.45) is 7.31. The van der Waals surface area contributed by atoms with E-state index in [0.29, 0.717) is 23.7 Å². The summed E-state index contributed by atoms with van der Waals surface area (Å²) in [5.41, 5.74) is 0.581. The predicted molar refractivity (Wildman–Crippen MR) is 144 cm³/mol. The van der Waals surface area contributed by atoms with E-state index in [0.717, 1.165) is 61.2 Å². The van der Waals surface area contributed by atoms with Gasteiger partial charge in [-0.3, -0.25) is 13.9 Å². The predicted octanol–water partition coefficient (Wildman–Crippen LogP) is 7.13. The Morgan fingerprint density at radius 3 is 2.64 bits per heavy atom. The number of likely N-dealkylation sites (tertiary alicyclic amines) is 1. The minimum atomic E-state index is -4.59. The summed E-state index contributed by atoms with van der Waals surface area (Å²) >= 11 is 0. The van der Waals surface area contributed by atoms with Gasteiger partial charge >= 0.3 is 11.9 Å². The van der Waals surface area contributed by atoms with Crippen molar-refractivity contribution in [2.45, 2.75) is 64.6 Å². The Morgan fingerprint density at radius 1 is 1.15 bits per heavy atom. The number of azo groups is 1. The zero-order valence-electron chi connectivity index (χ0n) is 22.3. The molecule has 6 rings (SSSR count). The topological polar surface area (TPSA) is 54.4 Å². The third kappa shape index (κ3) is 4.86. The lowest BCUT2D eigenvalue weighted by Gasteiger charge is -2.46. The second-order valence-electron chi connectivity index (χ2n) is 11.8. The van der Waals surface area contributed by atoms with Crippen LogP contribution in [0.4, 0.5) is 13.2 Å². The first-order chi connectivity index (χ1) is 18.6. The zero-order chi connectivity index (χ0) is 27.4. The van der Waals surface area contributed by atoms with Gasteiger partial charge in [-0.05, 0) is 79.0 Å². The van der Waals surface area contributed by atoms with E-state index < -0.39 is 17.4 Å². The molecule has 0 spiro atoms. The molecule has 1 aliphatic carbocycles. The molecule has 0 amide bonds.